The number of rotatable bonds is 26. The molecule has 16 nitrogen and oxygen atoms in total. The number of allylic oxidation sites excluding steroid dienone is 1. The van der Waals surface area contributed by atoms with Crippen LogP contribution in [0.4, 0.5) is 5.69 Å². The zero-order valence-corrected chi connectivity index (χ0v) is 48.1. The van der Waals surface area contributed by atoms with Gasteiger partial charge in [-0.15, -0.1) is 5.10 Å². The summed E-state index contributed by atoms with van der Waals surface area (Å²) >= 11 is 1.60. The van der Waals surface area contributed by atoms with Crippen LogP contribution in [0.2, 0.25) is 0 Å². The Morgan fingerprint density at radius 2 is 1.73 bits per heavy atom. The fourth-order valence-corrected chi connectivity index (χ4v) is 9.45. The molecular formula is C61H81N11O5S. The van der Waals surface area contributed by atoms with E-state index in [0.29, 0.717) is 56.9 Å². The van der Waals surface area contributed by atoms with Gasteiger partial charge >= 0.3 is 0 Å². The second-order valence-corrected chi connectivity index (χ2v) is 21.7. The largest absolute Gasteiger partial charge is 0.494 e. The molecule has 0 spiro atoms. The number of anilines is 1. The number of Topliss-reactive ketones (excluding diaryl/α,β-unsaturated/α-hetero) is 1. The number of carbonyl (C=O) groups excluding carboxylic acids is 4. The van der Waals surface area contributed by atoms with Crippen LogP contribution in [0.1, 0.15) is 131 Å². The molecular weight excluding hydrogens is 999 g/mol. The van der Waals surface area contributed by atoms with Gasteiger partial charge in [0.05, 0.1) is 18.8 Å². The third-order valence-electron chi connectivity index (χ3n) is 13.1. The van der Waals surface area contributed by atoms with Gasteiger partial charge in [0.15, 0.2) is 11.6 Å². The van der Waals surface area contributed by atoms with E-state index in [1.54, 1.807) is 49.0 Å². The fourth-order valence-electron chi connectivity index (χ4n) is 8.77. The molecule has 3 aromatic carbocycles. The average molecular weight is 1080 g/mol. The Kier molecular flexibility index (Phi) is 24.5. The van der Waals surface area contributed by atoms with Crippen molar-refractivity contribution in [2.24, 2.45) is 10.4 Å². The number of hydrogen-bond acceptors (Lipinski definition) is 12. The molecule has 0 radical (unpaired) electrons. The molecule has 3 amide bonds. The quantitative estimate of drug-likeness (QED) is 0.0206. The van der Waals surface area contributed by atoms with Gasteiger partial charge in [-0.05, 0) is 137 Å². The molecule has 2 atom stereocenters. The van der Waals surface area contributed by atoms with Gasteiger partial charge in [0.2, 0.25) is 17.7 Å². The van der Waals surface area contributed by atoms with Gasteiger partial charge in [-0.25, -0.2) is 9.97 Å². The lowest BCUT2D eigenvalue weighted by Crippen LogP contribution is -2.57. The minimum absolute atomic E-state index is 0.0405. The number of hydrogen-bond donors (Lipinski definition) is 3. The number of unbranched alkanes of at least 4 members (excludes halogenated alkanes) is 3. The van der Waals surface area contributed by atoms with Crippen molar-refractivity contribution in [3.05, 3.63) is 161 Å². The maximum atomic E-state index is 13.9. The van der Waals surface area contributed by atoms with Crippen molar-refractivity contribution in [1.29, 1.82) is 0 Å². The van der Waals surface area contributed by atoms with Crippen LogP contribution < -0.4 is 20.7 Å². The number of likely N-dealkylation sites (N-methyl/N-ethyl adjacent to an activating group) is 1. The number of aromatic nitrogens is 5. The maximum Gasteiger partial charge on any atom is 0.246 e. The number of amidine groups is 1. The SMILES string of the molecule is C=C(CNc1cccc(C(C)=O)c1)N(C)C(=NC)c1ccncn1.C=CSC(=C(C)C)c1ccc(CNC(=O)[C@@H]2CCCN2C(=O)C(NC(=O)CCCCc2cn(CCCCCOc3cccc(C)c3)nn2)C(C)(C)C)cc1. The summed E-state index contributed by atoms with van der Waals surface area (Å²) < 4.78 is 7.72. The summed E-state index contributed by atoms with van der Waals surface area (Å²) in [5.41, 5.74) is 7.99. The second-order valence-electron chi connectivity index (χ2n) is 20.7. The van der Waals surface area contributed by atoms with Crippen molar-refractivity contribution < 1.29 is 23.9 Å². The van der Waals surface area contributed by atoms with E-state index in [9.17, 15) is 19.2 Å². The van der Waals surface area contributed by atoms with Gasteiger partial charge in [0.1, 0.15) is 29.9 Å². The molecule has 6 rings (SSSR count). The van der Waals surface area contributed by atoms with Crippen LogP contribution >= 0.6 is 11.8 Å². The number of nitrogens with one attached hydrogen (secondary N) is 3. The fraction of sp³-hybridized carbons (Fsp3) is 0.426. The van der Waals surface area contributed by atoms with Crippen molar-refractivity contribution in [3.8, 4) is 5.75 Å². The highest BCUT2D eigenvalue weighted by molar-refractivity contribution is 8.10. The van der Waals surface area contributed by atoms with E-state index < -0.39 is 17.5 Å². The molecule has 1 saturated heterocycles. The first-order valence-corrected chi connectivity index (χ1v) is 27.8. The molecule has 2 aromatic heterocycles. The Morgan fingerprint density at radius 3 is 2.41 bits per heavy atom. The van der Waals surface area contributed by atoms with Crippen LogP contribution in [-0.4, -0.2) is 110 Å². The summed E-state index contributed by atoms with van der Waals surface area (Å²) in [5.74, 6) is 1.13. The molecule has 3 N–H and O–H groups in total. The number of benzene rings is 3. The summed E-state index contributed by atoms with van der Waals surface area (Å²) in [5, 5.41) is 19.8. The molecule has 1 unspecified atom stereocenters. The number of ether oxygens (including phenoxy) is 1. The third kappa shape index (κ3) is 19.6. The molecule has 1 aliphatic heterocycles. The first-order valence-electron chi connectivity index (χ1n) is 26.9. The molecule has 416 valence electrons. The van der Waals surface area contributed by atoms with E-state index in [2.05, 4.69) is 99.4 Å². The number of aryl methyl sites for hydroxylation is 3. The number of amides is 3. The van der Waals surface area contributed by atoms with Gasteiger partial charge in [-0.1, -0.05) is 105 Å². The van der Waals surface area contributed by atoms with E-state index >= 15 is 0 Å². The lowest BCUT2D eigenvalue weighted by atomic mass is 9.85. The van der Waals surface area contributed by atoms with Crippen LogP contribution in [0.5, 0.6) is 5.75 Å². The molecule has 17 heteroatoms. The lowest BCUT2D eigenvalue weighted by molar-refractivity contribution is -0.143. The predicted octanol–water partition coefficient (Wildman–Crippen LogP) is 10.6. The highest BCUT2D eigenvalue weighted by atomic mass is 32.2. The Hall–Kier alpha value is -7.40. The van der Waals surface area contributed by atoms with Crippen molar-refractivity contribution in [1.82, 2.24) is 45.4 Å². The summed E-state index contributed by atoms with van der Waals surface area (Å²) in [4.78, 5) is 69.0. The topological polar surface area (TPSA) is 189 Å². The number of nitrogens with zero attached hydrogens (tertiary/aromatic N) is 8. The highest BCUT2D eigenvalue weighted by Crippen LogP contribution is 2.32. The van der Waals surface area contributed by atoms with Gasteiger partial charge in [0.25, 0.3) is 0 Å². The molecule has 0 aliphatic carbocycles. The van der Waals surface area contributed by atoms with Crippen LogP contribution in [0.15, 0.2) is 132 Å². The van der Waals surface area contributed by atoms with Crippen molar-refractivity contribution in [3.63, 3.8) is 0 Å². The van der Waals surface area contributed by atoms with Gasteiger partial charge < -0.3 is 30.5 Å². The Labute approximate surface area is 466 Å². The van der Waals surface area contributed by atoms with Gasteiger partial charge in [0, 0.05) is 74.4 Å². The number of thioether (sulfide) groups is 1. The predicted molar refractivity (Wildman–Crippen MR) is 315 cm³/mol. The second kappa shape index (κ2) is 31.1. The zero-order valence-electron chi connectivity index (χ0n) is 47.3. The van der Waals surface area contributed by atoms with Crippen molar-refractivity contribution >= 4 is 51.7 Å². The van der Waals surface area contributed by atoms with Gasteiger partial charge in [-0.3, -0.25) is 28.9 Å². The van der Waals surface area contributed by atoms with Crippen molar-refractivity contribution in [2.75, 3.05) is 39.1 Å². The molecule has 1 fully saturated rings. The average Bonchev–Trinajstić information content (AvgIpc) is 4.14. The van der Waals surface area contributed by atoms with Crippen LogP contribution in [-0.2, 0) is 33.9 Å². The normalized spacial score (nSPS) is 13.6. The van der Waals surface area contributed by atoms with Gasteiger partial charge in [-0.2, -0.15) is 0 Å². The first kappa shape index (κ1) is 61.5. The summed E-state index contributed by atoms with van der Waals surface area (Å²) in [6.45, 7) is 24.4. The van der Waals surface area contributed by atoms with Crippen LogP contribution in [0.25, 0.3) is 4.91 Å². The summed E-state index contributed by atoms with van der Waals surface area (Å²) in [6.07, 6.45) is 12.0. The third-order valence-corrected chi connectivity index (χ3v) is 14.2. The van der Waals surface area contributed by atoms with E-state index in [-0.39, 0.29) is 23.5 Å². The first-order chi connectivity index (χ1) is 37.4. The minimum atomic E-state index is -0.738. The van der Waals surface area contributed by atoms with Crippen LogP contribution in [0, 0.1) is 12.3 Å². The van der Waals surface area contributed by atoms with E-state index in [0.717, 1.165) is 84.7 Å². The maximum absolute atomic E-state index is 13.9. The Bertz CT molecular complexity index is 2840. The molecule has 78 heavy (non-hydrogen) atoms. The van der Waals surface area contributed by atoms with E-state index in [4.69, 9.17) is 4.74 Å². The Morgan fingerprint density at radius 1 is 0.962 bits per heavy atom. The minimum Gasteiger partial charge on any atom is -0.494 e. The summed E-state index contributed by atoms with van der Waals surface area (Å²) in [7, 11) is 3.60. The van der Waals surface area contributed by atoms with Crippen LogP contribution in [0.3, 0.4) is 0 Å². The zero-order chi connectivity index (χ0) is 56.6. The molecule has 1 aliphatic rings. The monoisotopic (exact) mass is 1080 g/mol. The standard InChI is InChI=1S/C43H60N6O4S.C18H21N5O/c1-8-54-39(31(2)3)34-23-21-33(22-24-34)29-44-41(51)37-19-15-26-49(37)42(52)40(43(5,6)7)45-38(50)20-11-10-17-35-30-48(47-46-35)25-12-9-13-27-53-36-18-14-16-32(4)28-36;1-13(11-21-16-7-5-6-15(10-16)14(2)24)23(4)18(19-3)17-8-9-20-12-22-17/h8,14,16,18,21-24,28,30,37,40H,1,9-13,15,17,19-20,25-27,29H2,2-7H3,(H,44,51)(H,45,50);5-10,12,21H,1,11H2,2-4H3/t37-,40?;/m0./s1. The lowest BCUT2D eigenvalue weighted by Gasteiger charge is -2.35. The smallest absolute Gasteiger partial charge is 0.246 e. The van der Waals surface area contributed by atoms with Crippen molar-refractivity contribution in [2.45, 2.75) is 131 Å². The molecule has 5 aromatic rings. The molecule has 0 saturated carbocycles. The number of likely N-dealkylation sites (tertiary alicyclic amines) is 1. The highest BCUT2D eigenvalue weighted by Gasteiger charge is 2.41. The number of ketones is 1. The Balaban J connectivity index is 0.000000388. The number of aliphatic imine (C=N–C) groups is 1. The summed E-state index contributed by atoms with van der Waals surface area (Å²) in [6, 6.07) is 24.2. The molecule has 0 bridgehead atoms. The van der Waals surface area contributed by atoms with E-state index in [1.165, 1.54) is 22.4 Å². The van der Waals surface area contributed by atoms with E-state index in [1.807, 2.05) is 91.5 Å². The molecule has 3 heterocycles. The number of carbonyl (C=O) groups is 4.